The van der Waals surface area contributed by atoms with Gasteiger partial charge in [0.05, 0.1) is 13.0 Å². The van der Waals surface area contributed by atoms with Crippen molar-refractivity contribution in [2.45, 2.75) is 5.92 Å². The second kappa shape index (κ2) is 5.02. The number of carbonyl (C=O) groups is 1. The minimum atomic E-state index is -0.122. The third-order valence-corrected chi connectivity index (χ3v) is 3.92. The third-order valence-electron chi connectivity index (χ3n) is 3.92. The number of benzene rings is 2. The molecule has 0 spiro atoms. The molecule has 2 aromatic carbocycles. The fourth-order valence-corrected chi connectivity index (χ4v) is 2.87. The van der Waals surface area contributed by atoms with Crippen LogP contribution in [-0.2, 0) is 9.53 Å². The topological polar surface area (TPSA) is 38.3 Å². The lowest BCUT2D eigenvalue weighted by Gasteiger charge is -2.17. The first kappa shape index (κ1) is 12.2. The van der Waals surface area contributed by atoms with E-state index in [4.69, 9.17) is 4.74 Å². The molecule has 0 aromatic heterocycles. The molecule has 3 nitrogen and oxygen atoms in total. The zero-order chi connectivity index (χ0) is 13.2. The molecule has 2 aromatic rings. The van der Waals surface area contributed by atoms with Crippen LogP contribution in [0.25, 0.3) is 10.8 Å². The van der Waals surface area contributed by atoms with E-state index in [9.17, 15) is 4.79 Å². The molecule has 1 aliphatic rings. The molecule has 3 heteroatoms. The highest BCUT2D eigenvalue weighted by atomic mass is 16.5. The van der Waals surface area contributed by atoms with Gasteiger partial charge in [0.1, 0.15) is 0 Å². The fourth-order valence-electron chi connectivity index (χ4n) is 2.87. The summed E-state index contributed by atoms with van der Waals surface area (Å²) in [5.41, 5.74) is 1.21. The molecule has 1 aliphatic heterocycles. The van der Waals surface area contributed by atoms with Gasteiger partial charge >= 0.3 is 5.97 Å². The molecule has 0 amide bonds. The van der Waals surface area contributed by atoms with E-state index in [2.05, 4.69) is 35.6 Å². The maximum atomic E-state index is 11.8. The monoisotopic (exact) mass is 255 g/mol. The maximum absolute atomic E-state index is 11.8. The van der Waals surface area contributed by atoms with Gasteiger partial charge in [-0.1, -0.05) is 42.5 Å². The van der Waals surface area contributed by atoms with E-state index in [1.807, 2.05) is 12.1 Å². The Morgan fingerprint density at radius 3 is 2.74 bits per heavy atom. The first-order chi connectivity index (χ1) is 9.29. The van der Waals surface area contributed by atoms with Gasteiger partial charge in [-0.15, -0.1) is 0 Å². The van der Waals surface area contributed by atoms with Crippen LogP contribution in [0.4, 0.5) is 0 Å². The largest absolute Gasteiger partial charge is 0.469 e. The Balaban J connectivity index is 1.96. The van der Waals surface area contributed by atoms with Crippen molar-refractivity contribution in [3.05, 3.63) is 48.0 Å². The zero-order valence-corrected chi connectivity index (χ0v) is 10.9. The molecular weight excluding hydrogens is 238 g/mol. The van der Waals surface area contributed by atoms with Crippen LogP contribution in [0.1, 0.15) is 11.5 Å². The number of esters is 1. The Hall–Kier alpha value is -1.87. The summed E-state index contributed by atoms with van der Waals surface area (Å²) in [5.74, 6) is 0.00590. The summed E-state index contributed by atoms with van der Waals surface area (Å²) in [6.07, 6.45) is 0. The molecule has 19 heavy (non-hydrogen) atoms. The van der Waals surface area contributed by atoms with E-state index >= 15 is 0 Å². The standard InChI is InChI=1S/C16H17NO2/c1-19-16(18)15-10-17-9-14(15)13-7-6-11-4-2-3-5-12(11)8-13/h2-8,14-15,17H,9-10H2,1H3. The smallest absolute Gasteiger partial charge is 0.310 e. The molecule has 3 rings (SSSR count). The molecule has 0 bridgehead atoms. The molecule has 0 saturated carbocycles. The number of methoxy groups -OCH3 is 1. The maximum Gasteiger partial charge on any atom is 0.310 e. The number of fused-ring (bicyclic) bond motifs is 1. The molecule has 1 N–H and O–H groups in total. The van der Waals surface area contributed by atoms with Crippen molar-refractivity contribution in [3.63, 3.8) is 0 Å². The van der Waals surface area contributed by atoms with Gasteiger partial charge in [-0.25, -0.2) is 0 Å². The van der Waals surface area contributed by atoms with Crippen LogP contribution in [0.2, 0.25) is 0 Å². The van der Waals surface area contributed by atoms with Crippen LogP contribution in [-0.4, -0.2) is 26.2 Å². The van der Waals surface area contributed by atoms with E-state index in [-0.39, 0.29) is 17.8 Å². The highest BCUT2D eigenvalue weighted by Crippen LogP contribution is 2.30. The number of ether oxygens (including phenoxy) is 1. The summed E-state index contributed by atoms with van der Waals surface area (Å²) < 4.78 is 4.89. The molecule has 1 heterocycles. The molecule has 2 atom stereocenters. The van der Waals surface area contributed by atoms with Crippen molar-refractivity contribution < 1.29 is 9.53 Å². The fraction of sp³-hybridized carbons (Fsp3) is 0.312. The van der Waals surface area contributed by atoms with Gasteiger partial charge in [-0.3, -0.25) is 4.79 Å². The van der Waals surface area contributed by atoms with Crippen molar-refractivity contribution in [1.82, 2.24) is 5.32 Å². The predicted molar refractivity (Wildman–Crippen MR) is 75.1 cm³/mol. The predicted octanol–water partition coefficient (Wildman–Crippen LogP) is 2.32. The van der Waals surface area contributed by atoms with Crippen LogP contribution in [0, 0.1) is 5.92 Å². The molecule has 1 fully saturated rings. The summed E-state index contributed by atoms with van der Waals surface area (Å²) in [6, 6.07) is 14.7. The lowest BCUT2D eigenvalue weighted by molar-refractivity contribution is -0.145. The highest BCUT2D eigenvalue weighted by molar-refractivity contribution is 5.83. The van der Waals surface area contributed by atoms with Crippen LogP contribution in [0.3, 0.4) is 0 Å². The van der Waals surface area contributed by atoms with E-state index in [0.29, 0.717) is 6.54 Å². The van der Waals surface area contributed by atoms with E-state index in [1.54, 1.807) is 0 Å². The van der Waals surface area contributed by atoms with Crippen molar-refractivity contribution >= 4 is 16.7 Å². The van der Waals surface area contributed by atoms with Gasteiger partial charge in [-0.2, -0.15) is 0 Å². The number of hydrogen-bond donors (Lipinski definition) is 1. The molecule has 1 saturated heterocycles. The average molecular weight is 255 g/mol. The minimum absolute atomic E-state index is 0.0776. The SMILES string of the molecule is COC(=O)C1CNCC1c1ccc2ccccc2c1. The summed E-state index contributed by atoms with van der Waals surface area (Å²) in [7, 11) is 1.46. The van der Waals surface area contributed by atoms with E-state index in [1.165, 1.54) is 23.4 Å². The second-order valence-electron chi connectivity index (χ2n) is 5.00. The lowest BCUT2D eigenvalue weighted by Crippen LogP contribution is -2.22. The molecule has 2 unspecified atom stereocenters. The van der Waals surface area contributed by atoms with E-state index in [0.717, 1.165) is 6.54 Å². The number of carbonyl (C=O) groups excluding carboxylic acids is 1. The van der Waals surface area contributed by atoms with Gasteiger partial charge in [-0.05, 0) is 16.3 Å². The molecule has 0 aliphatic carbocycles. The third kappa shape index (κ3) is 2.22. The first-order valence-corrected chi connectivity index (χ1v) is 6.57. The summed E-state index contributed by atoms with van der Waals surface area (Å²) in [6.45, 7) is 1.53. The van der Waals surface area contributed by atoms with Crippen molar-refractivity contribution in [1.29, 1.82) is 0 Å². The summed E-state index contributed by atoms with van der Waals surface area (Å²) in [4.78, 5) is 11.8. The van der Waals surface area contributed by atoms with Crippen LogP contribution in [0.5, 0.6) is 0 Å². The van der Waals surface area contributed by atoms with Crippen LogP contribution < -0.4 is 5.32 Å². The average Bonchev–Trinajstić information content (AvgIpc) is 2.95. The van der Waals surface area contributed by atoms with Gasteiger partial charge in [0, 0.05) is 19.0 Å². The van der Waals surface area contributed by atoms with Gasteiger partial charge < -0.3 is 10.1 Å². The Labute approximate surface area is 112 Å². The Bertz CT molecular complexity index is 608. The van der Waals surface area contributed by atoms with Crippen LogP contribution >= 0.6 is 0 Å². The van der Waals surface area contributed by atoms with Gasteiger partial charge in [0.2, 0.25) is 0 Å². The molecule has 98 valence electrons. The van der Waals surface area contributed by atoms with Gasteiger partial charge in [0.25, 0.3) is 0 Å². The quantitative estimate of drug-likeness (QED) is 0.837. The highest BCUT2D eigenvalue weighted by Gasteiger charge is 2.34. The van der Waals surface area contributed by atoms with Gasteiger partial charge in [0.15, 0.2) is 0 Å². The Morgan fingerprint density at radius 2 is 1.95 bits per heavy atom. The molecular formula is C16H17NO2. The first-order valence-electron chi connectivity index (χ1n) is 6.57. The molecule has 0 radical (unpaired) electrons. The summed E-state index contributed by atoms with van der Waals surface area (Å²) in [5, 5.41) is 5.73. The minimum Gasteiger partial charge on any atom is -0.469 e. The van der Waals surface area contributed by atoms with E-state index < -0.39 is 0 Å². The van der Waals surface area contributed by atoms with Crippen molar-refractivity contribution in [3.8, 4) is 0 Å². The number of rotatable bonds is 2. The van der Waals surface area contributed by atoms with Crippen molar-refractivity contribution in [2.75, 3.05) is 20.2 Å². The summed E-state index contributed by atoms with van der Waals surface area (Å²) >= 11 is 0. The normalized spacial score (nSPS) is 22.6. The Kier molecular flexibility index (Phi) is 3.22. The second-order valence-corrected chi connectivity index (χ2v) is 5.00. The van der Waals surface area contributed by atoms with Crippen LogP contribution in [0.15, 0.2) is 42.5 Å². The number of hydrogen-bond acceptors (Lipinski definition) is 3. The Morgan fingerprint density at radius 1 is 1.16 bits per heavy atom. The van der Waals surface area contributed by atoms with Crippen molar-refractivity contribution in [2.24, 2.45) is 5.92 Å². The zero-order valence-electron chi connectivity index (χ0n) is 10.9. The lowest BCUT2D eigenvalue weighted by atomic mass is 9.88. The number of nitrogens with one attached hydrogen (secondary N) is 1.